The summed E-state index contributed by atoms with van der Waals surface area (Å²) in [7, 11) is 0. The molecule has 100 valence electrons. The van der Waals surface area contributed by atoms with Gasteiger partial charge in [0.15, 0.2) is 0 Å². The summed E-state index contributed by atoms with van der Waals surface area (Å²) in [5.74, 6) is 1.02. The van der Waals surface area contributed by atoms with Crippen molar-refractivity contribution in [3.8, 4) is 5.75 Å². The molecule has 2 nitrogen and oxygen atoms in total. The molecule has 0 amide bonds. The molecule has 1 heterocycles. The summed E-state index contributed by atoms with van der Waals surface area (Å²) in [6.07, 6.45) is 2.84. The highest BCUT2D eigenvalue weighted by molar-refractivity contribution is 6.30. The normalized spacial score (nSPS) is 16.3. The maximum atomic E-state index is 6.34. The topological polar surface area (TPSA) is 35.2 Å². The molecular weight excluding hydrogens is 246 g/mol. The molecule has 1 aromatic rings. The number of hydrogen-bond acceptors (Lipinski definition) is 2. The molecule has 1 atom stereocenters. The van der Waals surface area contributed by atoms with E-state index >= 15 is 0 Å². The predicted molar refractivity (Wildman–Crippen MR) is 76.4 cm³/mol. The minimum Gasteiger partial charge on any atom is -0.493 e. The molecule has 0 aliphatic carbocycles. The Morgan fingerprint density at radius 1 is 1.44 bits per heavy atom. The fourth-order valence-electron chi connectivity index (χ4n) is 2.27. The molecule has 1 aromatic carbocycles. The molecule has 2 rings (SSSR count). The highest BCUT2D eigenvalue weighted by Gasteiger charge is 2.27. The minimum absolute atomic E-state index is 0.120. The first-order valence-electron chi connectivity index (χ1n) is 6.63. The Hall–Kier alpha value is -0.730. The SMILES string of the molecule is CCC(C)(C)C(N)Cc1cc(Cl)cc2c1OCC2. The third-order valence-electron chi connectivity index (χ3n) is 4.18. The van der Waals surface area contributed by atoms with E-state index < -0.39 is 0 Å². The van der Waals surface area contributed by atoms with Crippen LogP contribution in [0.4, 0.5) is 0 Å². The van der Waals surface area contributed by atoms with Gasteiger partial charge in [0.1, 0.15) is 5.75 Å². The molecule has 0 saturated carbocycles. The van der Waals surface area contributed by atoms with Crippen molar-refractivity contribution in [3.63, 3.8) is 0 Å². The largest absolute Gasteiger partial charge is 0.493 e. The third-order valence-corrected chi connectivity index (χ3v) is 4.40. The maximum Gasteiger partial charge on any atom is 0.125 e. The number of halogens is 1. The fraction of sp³-hybridized carbons (Fsp3) is 0.600. The van der Waals surface area contributed by atoms with E-state index in [1.54, 1.807) is 0 Å². The highest BCUT2D eigenvalue weighted by atomic mass is 35.5. The fourth-order valence-corrected chi connectivity index (χ4v) is 2.54. The second kappa shape index (κ2) is 5.10. The average molecular weight is 268 g/mol. The first-order chi connectivity index (χ1) is 8.44. The van der Waals surface area contributed by atoms with Gasteiger partial charge in [-0.25, -0.2) is 0 Å². The zero-order valence-electron chi connectivity index (χ0n) is 11.4. The summed E-state index contributed by atoms with van der Waals surface area (Å²) >= 11 is 6.16. The predicted octanol–water partition coefficient (Wildman–Crippen LogP) is 3.58. The lowest BCUT2D eigenvalue weighted by atomic mass is 9.79. The van der Waals surface area contributed by atoms with Crippen molar-refractivity contribution in [2.75, 3.05) is 6.61 Å². The van der Waals surface area contributed by atoms with Crippen LogP contribution in [0, 0.1) is 5.41 Å². The van der Waals surface area contributed by atoms with Crippen molar-refractivity contribution in [3.05, 3.63) is 28.3 Å². The van der Waals surface area contributed by atoms with Crippen molar-refractivity contribution >= 4 is 11.6 Å². The maximum absolute atomic E-state index is 6.34. The van der Waals surface area contributed by atoms with Gasteiger partial charge in [-0.3, -0.25) is 0 Å². The minimum atomic E-state index is 0.120. The van der Waals surface area contributed by atoms with Crippen molar-refractivity contribution in [1.82, 2.24) is 0 Å². The van der Waals surface area contributed by atoms with Gasteiger partial charge >= 0.3 is 0 Å². The van der Waals surface area contributed by atoms with Gasteiger partial charge in [-0.15, -0.1) is 0 Å². The molecular formula is C15H22ClNO. The molecule has 2 N–H and O–H groups in total. The molecule has 0 aromatic heterocycles. The second-order valence-corrected chi connectivity index (χ2v) is 6.24. The van der Waals surface area contributed by atoms with Gasteiger partial charge in [0.05, 0.1) is 6.61 Å². The van der Waals surface area contributed by atoms with Crippen molar-refractivity contribution in [1.29, 1.82) is 0 Å². The van der Waals surface area contributed by atoms with Gasteiger partial charge in [0, 0.05) is 17.5 Å². The number of fused-ring (bicyclic) bond motifs is 1. The Morgan fingerprint density at radius 2 is 2.17 bits per heavy atom. The Morgan fingerprint density at radius 3 is 2.83 bits per heavy atom. The van der Waals surface area contributed by atoms with Crippen LogP contribution < -0.4 is 10.5 Å². The summed E-state index contributed by atoms with van der Waals surface area (Å²) in [6, 6.07) is 4.12. The van der Waals surface area contributed by atoms with Crippen LogP contribution in [0.3, 0.4) is 0 Å². The van der Waals surface area contributed by atoms with E-state index in [4.69, 9.17) is 22.1 Å². The standard InChI is InChI=1S/C15H22ClNO/c1-4-15(2,3)13(17)9-11-8-12(16)7-10-5-6-18-14(10)11/h7-8,13H,4-6,9,17H2,1-3H3. The molecule has 0 saturated heterocycles. The van der Waals surface area contributed by atoms with Crippen LogP contribution in [-0.2, 0) is 12.8 Å². The van der Waals surface area contributed by atoms with Crippen LogP contribution in [-0.4, -0.2) is 12.6 Å². The van der Waals surface area contributed by atoms with Gasteiger partial charge in [-0.05, 0) is 41.5 Å². The summed E-state index contributed by atoms with van der Waals surface area (Å²) < 4.78 is 5.72. The van der Waals surface area contributed by atoms with Crippen LogP contribution in [0.2, 0.25) is 5.02 Å². The van der Waals surface area contributed by atoms with Gasteiger partial charge in [0.25, 0.3) is 0 Å². The second-order valence-electron chi connectivity index (χ2n) is 5.80. The van der Waals surface area contributed by atoms with E-state index in [0.717, 1.165) is 42.2 Å². The van der Waals surface area contributed by atoms with Gasteiger partial charge < -0.3 is 10.5 Å². The molecule has 3 heteroatoms. The van der Waals surface area contributed by atoms with Crippen molar-refractivity contribution in [2.24, 2.45) is 11.1 Å². The van der Waals surface area contributed by atoms with Gasteiger partial charge in [-0.2, -0.15) is 0 Å². The lowest BCUT2D eigenvalue weighted by Gasteiger charge is -2.30. The smallest absolute Gasteiger partial charge is 0.125 e. The first-order valence-corrected chi connectivity index (χ1v) is 7.01. The number of ether oxygens (including phenoxy) is 1. The molecule has 1 aliphatic heterocycles. The zero-order chi connectivity index (χ0) is 13.3. The molecule has 1 unspecified atom stereocenters. The molecule has 0 fully saturated rings. The van der Waals surface area contributed by atoms with Crippen LogP contribution in [0.1, 0.15) is 38.3 Å². The number of benzene rings is 1. The van der Waals surface area contributed by atoms with Crippen LogP contribution >= 0.6 is 11.6 Å². The van der Waals surface area contributed by atoms with Gasteiger partial charge in [-0.1, -0.05) is 32.4 Å². The van der Waals surface area contributed by atoms with E-state index in [1.165, 1.54) is 5.56 Å². The zero-order valence-corrected chi connectivity index (χ0v) is 12.2. The molecule has 18 heavy (non-hydrogen) atoms. The van der Waals surface area contributed by atoms with E-state index in [0.29, 0.717) is 0 Å². The Labute approximate surface area is 114 Å². The first kappa shape index (κ1) is 13.7. The van der Waals surface area contributed by atoms with Crippen molar-refractivity contribution < 1.29 is 4.74 Å². The summed E-state index contributed by atoms with van der Waals surface area (Å²) in [4.78, 5) is 0. The highest BCUT2D eigenvalue weighted by Crippen LogP contribution is 2.35. The molecule has 0 bridgehead atoms. The van der Waals surface area contributed by atoms with E-state index in [1.807, 2.05) is 12.1 Å². The Kier molecular flexibility index (Phi) is 3.88. The van der Waals surface area contributed by atoms with Gasteiger partial charge in [0.2, 0.25) is 0 Å². The molecule has 0 spiro atoms. The summed E-state index contributed by atoms with van der Waals surface area (Å²) in [6.45, 7) is 7.36. The molecule has 0 radical (unpaired) electrons. The van der Waals surface area contributed by atoms with E-state index in [2.05, 4.69) is 20.8 Å². The van der Waals surface area contributed by atoms with Crippen LogP contribution in [0.25, 0.3) is 0 Å². The lowest BCUT2D eigenvalue weighted by molar-refractivity contribution is 0.270. The molecule has 1 aliphatic rings. The van der Waals surface area contributed by atoms with Crippen molar-refractivity contribution in [2.45, 2.75) is 46.1 Å². The summed E-state index contributed by atoms with van der Waals surface area (Å²) in [5.41, 5.74) is 8.85. The summed E-state index contributed by atoms with van der Waals surface area (Å²) in [5, 5.41) is 0.788. The average Bonchev–Trinajstić information content (AvgIpc) is 2.76. The Bertz CT molecular complexity index is 442. The monoisotopic (exact) mass is 267 g/mol. The van der Waals surface area contributed by atoms with Crippen LogP contribution in [0.15, 0.2) is 12.1 Å². The lowest BCUT2D eigenvalue weighted by Crippen LogP contribution is -2.38. The quantitative estimate of drug-likeness (QED) is 0.905. The van der Waals surface area contributed by atoms with E-state index in [9.17, 15) is 0 Å². The number of nitrogens with two attached hydrogens (primary N) is 1. The number of rotatable bonds is 4. The van der Waals surface area contributed by atoms with Crippen LogP contribution in [0.5, 0.6) is 5.75 Å². The Balaban J connectivity index is 2.25. The van der Waals surface area contributed by atoms with E-state index in [-0.39, 0.29) is 11.5 Å². The number of hydrogen-bond donors (Lipinski definition) is 1. The third kappa shape index (κ3) is 2.65.